The van der Waals surface area contributed by atoms with Crippen molar-refractivity contribution in [1.82, 2.24) is 9.88 Å². The van der Waals surface area contributed by atoms with Crippen LogP contribution in [0.4, 0.5) is 0 Å². The van der Waals surface area contributed by atoms with Gasteiger partial charge in [-0.05, 0) is 44.4 Å². The van der Waals surface area contributed by atoms with Crippen LogP contribution in [0.2, 0.25) is 0 Å². The number of primary amides is 1. The van der Waals surface area contributed by atoms with Gasteiger partial charge in [-0.3, -0.25) is 14.7 Å². The smallest absolute Gasteiger partial charge is 0.217 e. The van der Waals surface area contributed by atoms with Crippen molar-refractivity contribution >= 4 is 5.91 Å². The van der Waals surface area contributed by atoms with E-state index < -0.39 is 0 Å². The summed E-state index contributed by atoms with van der Waals surface area (Å²) in [4.78, 5) is 17.8. The van der Waals surface area contributed by atoms with Crippen molar-refractivity contribution < 1.29 is 9.53 Å². The lowest BCUT2D eigenvalue weighted by Crippen LogP contribution is -2.49. The number of aromatic nitrogens is 1. The third kappa shape index (κ3) is 4.51. The summed E-state index contributed by atoms with van der Waals surface area (Å²) < 4.78 is 5.75. The Bertz CT molecular complexity index is 475. The van der Waals surface area contributed by atoms with Crippen LogP contribution in [0.15, 0.2) is 18.3 Å². The van der Waals surface area contributed by atoms with Gasteiger partial charge in [-0.2, -0.15) is 0 Å². The van der Waals surface area contributed by atoms with Crippen LogP contribution in [0.3, 0.4) is 0 Å². The molecule has 1 aromatic rings. The topological polar surface area (TPSA) is 68.5 Å². The number of hydrogen-bond donors (Lipinski definition) is 1. The lowest BCUT2D eigenvalue weighted by molar-refractivity contribution is -0.121. The first-order chi connectivity index (χ1) is 10.0. The van der Waals surface area contributed by atoms with Gasteiger partial charge in [-0.15, -0.1) is 0 Å². The molecule has 0 aliphatic carbocycles. The van der Waals surface area contributed by atoms with Gasteiger partial charge < -0.3 is 10.5 Å². The van der Waals surface area contributed by atoms with Crippen molar-refractivity contribution in [3.63, 3.8) is 0 Å². The van der Waals surface area contributed by atoms with E-state index in [1.54, 1.807) is 7.11 Å². The second kappa shape index (κ2) is 7.00. The van der Waals surface area contributed by atoms with Crippen molar-refractivity contribution in [2.75, 3.05) is 20.2 Å². The first-order valence-corrected chi connectivity index (χ1v) is 7.50. The minimum absolute atomic E-state index is 0.245. The van der Waals surface area contributed by atoms with Gasteiger partial charge in [0.25, 0.3) is 0 Å². The van der Waals surface area contributed by atoms with E-state index in [0.717, 1.165) is 38.2 Å². The zero-order valence-corrected chi connectivity index (χ0v) is 13.0. The molecule has 116 valence electrons. The highest BCUT2D eigenvalue weighted by Crippen LogP contribution is 2.29. The highest BCUT2D eigenvalue weighted by Gasteiger charge is 2.35. The van der Waals surface area contributed by atoms with E-state index >= 15 is 0 Å². The highest BCUT2D eigenvalue weighted by atomic mass is 16.5. The number of carbonyl (C=O) groups excluding carboxylic acids is 1. The van der Waals surface area contributed by atoms with Crippen LogP contribution in [0, 0.1) is 6.92 Å². The molecule has 1 atom stereocenters. The fourth-order valence-electron chi connectivity index (χ4n) is 3.00. The molecule has 1 aliphatic heterocycles. The zero-order chi connectivity index (χ0) is 15.3. The average molecular weight is 291 g/mol. The summed E-state index contributed by atoms with van der Waals surface area (Å²) in [5, 5.41) is 0. The first kappa shape index (κ1) is 15.9. The number of likely N-dealkylation sites (tertiary alicyclic amines) is 1. The molecule has 0 aromatic carbocycles. The number of nitrogens with zero attached hydrogens (tertiary/aromatic N) is 2. The van der Waals surface area contributed by atoms with Gasteiger partial charge >= 0.3 is 0 Å². The van der Waals surface area contributed by atoms with Gasteiger partial charge in [0.05, 0.1) is 5.60 Å². The van der Waals surface area contributed by atoms with Crippen LogP contribution in [-0.2, 0) is 16.1 Å². The summed E-state index contributed by atoms with van der Waals surface area (Å²) in [6.07, 6.45) is 5.07. The third-order valence-corrected chi connectivity index (χ3v) is 4.26. The molecule has 0 saturated carbocycles. The molecule has 0 radical (unpaired) electrons. The first-order valence-electron chi connectivity index (χ1n) is 7.50. The summed E-state index contributed by atoms with van der Waals surface area (Å²) in [7, 11) is 1.73. The Hall–Kier alpha value is -1.46. The standard InChI is InChI=1S/C16H25N3O2/c1-13-4-5-14(10-18-13)11-19-9-3-7-16(12-19,21-2)8-6-15(17)20/h4-5,10H,3,6-9,11-12H2,1-2H3,(H2,17,20). The molecule has 21 heavy (non-hydrogen) atoms. The van der Waals surface area contributed by atoms with Gasteiger partial charge in [0.2, 0.25) is 5.91 Å². The molecule has 2 heterocycles. The number of aryl methyl sites for hydroxylation is 1. The Morgan fingerprint density at radius 2 is 2.33 bits per heavy atom. The number of hydrogen-bond acceptors (Lipinski definition) is 4. The fourth-order valence-corrected chi connectivity index (χ4v) is 3.00. The molecule has 5 heteroatoms. The summed E-state index contributed by atoms with van der Waals surface area (Å²) in [6.45, 7) is 4.75. The van der Waals surface area contributed by atoms with Crippen LogP contribution >= 0.6 is 0 Å². The third-order valence-electron chi connectivity index (χ3n) is 4.26. The van der Waals surface area contributed by atoms with E-state index in [9.17, 15) is 4.79 Å². The summed E-state index contributed by atoms with van der Waals surface area (Å²) in [6, 6.07) is 4.16. The molecule has 1 amide bonds. The molecule has 0 spiro atoms. The average Bonchev–Trinajstić information content (AvgIpc) is 2.48. The van der Waals surface area contributed by atoms with Crippen molar-refractivity contribution in [3.05, 3.63) is 29.6 Å². The fraction of sp³-hybridized carbons (Fsp3) is 0.625. The van der Waals surface area contributed by atoms with Crippen LogP contribution in [0.1, 0.15) is 36.9 Å². The van der Waals surface area contributed by atoms with Gasteiger partial charge in [0.1, 0.15) is 0 Å². The van der Waals surface area contributed by atoms with E-state index in [4.69, 9.17) is 10.5 Å². The SMILES string of the molecule is COC1(CCC(N)=O)CCCN(Cc2ccc(C)nc2)C1. The largest absolute Gasteiger partial charge is 0.377 e. The van der Waals surface area contributed by atoms with Crippen molar-refractivity contribution in [1.29, 1.82) is 0 Å². The van der Waals surface area contributed by atoms with Crippen LogP contribution in [-0.4, -0.2) is 41.6 Å². The second-order valence-electron chi connectivity index (χ2n) is 5.98. The molecule has 1 unspecified atom stereocenters. The van der Waals surface area contributed by atoms with Gasteiger partial charge in [0.15, 0.2) is 0 Å². The molecule has 1 aliphatic rings. The maximum Gasteiger partial charge on any atom is 0.217 e. The monoisotopic (exact) mass is 291 g/mol. The molecule has 1 aromatic heterocycles. The maximum atomic E-state index is 11.0. The van der Waals surface area contributed by atoms with E-state index in [2.05, 4.69) is 16.0 Å². The Morgan fingerprint density at radius 3 is 2.95 bits per heavy atom. The van der Waals surface area contributed by atoms with Crippen molar-refractivity contribution in [3.8, 4) is 0 Å². The zero-order valence-electron chi connectivity index (χ0n) is 13.0. The van der Waals surface area contributed by atoms with Crippen LogP contribution < -0.4 is 5.73 Å². The molecule has 0 bridgehead atoms. The Balaban J connectivity index is 1.98. The molecule has 2 rings (SSSR count). The number of amides is 1. The number of pyridine rings is 1. The Kier molecular flexibility index (Phi) is 5.31. The highest BCUT2D eigenvalue weighted by molar-refractivity contribution is 5.73. The summed E-state index contributed by atoms with van der Waals surface area (Å²) >= 11 is 0. The van der Waals surface area contributed by atoms with Crippen molar-refractivity contribution in [2.45, 2.75) is 44.8 Å². The van der Waals surface area contributed by atoms with E-state index in [-0.39, 0.29) is 11.5 Å². The predicted octanol–water partition coefficient (Wildman–Crippen LogP) is 1.64. The predicted molar refractivity (Wildman–Crippen MR) is 81.7 cm³/mol. The maximum absolute atomic E-state index is 11.0. The minimum atomic E-state index is -0.258. The van der Waals surface area contributed by atoms with Gasteiger partial charge in [0, 0.05) is 38.5 Å². The number of rotatable bonds is 6. The lowest BCUT2D eigenvalue weighted by atomic mass is 9.87. The molecular formula is C16H25N3O2. The molecule has 5 nitrogen and oxygen atoms in total. The van der Waals surface area contributed by atoms with Gasteiger partial charge in [-0.1, -0.05) is 6.07 Å². The summed E-state index contributed by atoms with van der Waals surface area (Å²) in [5.41, 5.74) is 7.28. The van der Waals surface area contributed by atoms with Crippen LogP contribution in [0.5, 0.6) is 0 Å². The number of nitrogens with two attached hydrogens (primary N) is 1. The van der Waals surface area contributed by atoms with Gasteiger partial charge in [-0.25, -0.2) is 0 Å². The molecular weight excluding hydrogens is 266 g/mol. The van der Waals surface area contributed by atoms with Crippen molar-refractivity contribution in [2.24, 2.45) is 5.73 Å². The number of carbonyl (C=O) groups is 1. The van der Waals surface area contributed by atoms with E-state index in [1.165, 1.54) is 5.56 Å². The van der Waals surface area contributed by atoms with E-state index in [0.29, 0.717) is 12.8 Å². The quantitative estimate of drug-likeness (QED) is 0.865. The Labute approximate surface area is 126 Å². The normalized spacial score (nSPS) is 23.1. The Morgan fingerprint density at radius 1 is 1.52 bits per heavy atom. The number of methoxy groups -OCH3 is 1. The second-order valence-corrected chi connectivity index (χ2v) is 5.98. The molecule has 1 saturated heterocycles. The number of ether oxygens (including phenoxy) is 1. The number of piperidine rings is 1. The summed E-state index contributed by atoms with van der Waals surface area (Å²) in [5.74, 6) is -0.258. The van der Waals surface area contributed by atoms with E-state index in [1.807, 2.05) is 19.2 Å². The molecule has 1 fully saturated rings. The minimum Gasteiger partial charge on any atom is -0.377 e. The molecule has 2 N–H and O–H groups in total. The lowest BCUT2D eigenvalue weighted by Gasteiger charge is -2.42. The van der Waals surface area contributed by atoms with Crippen LogP contribution in [0.25, 0.3) is 0 Å².